The molecule has 1 aliphatic carbocycles. The highest BCUT2D eigenvalue weighted by atomic mass is 35.5. The van der Waals surface area contributed by atoms with E-state index in [2.05, 4.69) is 11.4 Å². The van der Waals surface area contributed by atoms with Crippen LogP contribution in [0.25, 0.3) is 0 Å². The van der Waals surface area contributed by atoms with Crippen molar-refractivity contribution in [2.45, 2.75) is 24.8 Å². The van der Waals surface area contributed by atoms with Crippen LogP contribution in [-0.2, 0) is 0 Å². The summed E-state index contributed by atoms with van der Waals surface area (Å²) >= 11 is 5.97. The third kappa shape index (κ3) is 2.78. The zero-order valence-corrected chi connectivity index (χ0v) is 11.5. The second-order valence-corrected chi connectivity index (χ2v) is 5.63. The number of hydrogen-bond donors (Lipinski definition) is 1. The molecular weight excluding hydrogens is 280 g/mol. The smallest absolute Gasteiger partial charge is 0.146 e. The van der Waals surface area contributed by atoms with Crippen LogP contribution in [0.2, 0.25) is 5.02 Å². The highest BCUT2D eigenvalue weighted by molar-refractivity contribution is 6.30. The van der Waals surface area contributed by atoms with Crippen molar-refractivity contribution in [2.24, 2.45) is 0 Å². The average Bonchev–Trinajstić information content (AvgIpc) is 2.37. The summed E-state index contributed by atoms with van der Waals surface area (Å²) in [4.78, 5) is 0. The Hall–Kier alpha value is -1.61. The van der Waals surface area contributed by atoms with Crippen LogP contribution in [-0.4, -0.2) is 6.04 Å². The molecule has 0 unspecified atom stereocenters. The fourth-order valence-corrected chi connectivity index (χ4v) is 2.80. The van der Waals surface area contributed by atoms with Crippen molar-refractivity contribution in [1.29, 1.82) is 0 Å². The van der Waals surface area contributed by atoms with Crippen molar-refractivity contribution >= 4 is 17.3 Å². The van der Waals surface area contributed by atoms with E-state index in [0.717, 1.165) is 30.0 Å². The number of rotatable bonds is 3. The maximum atomic E-state index is 13.5. The van der Waals surface area contributed by atoms with Crippen LogP contribution in [0.3, 0.4) is 0 Å². The molecule has 20 heavy (non-hydrogen) atoms. The van der Waals surface area contributed by atoms with Gasteiger partial charge in [-0.05, 0) is 54.7 Å². The highest BCUT2D eigenvalue weighted by Crippen LogP contribution is 2.39. The summed E-state index contributed by atoms with van der Waals surface area (Å²) in [5, 5.41) is 3.79. The molecule has 1 fully saturated rings. The van der Waals surface area contributed by atoms with Gasteiger partial charge in [0.2, 0.25) is 0 Å². The zero-order chi connectivity index (χ0) is 14.1. The average molecular weight is 294 g/mol. The minimum atomic E-state index is -0.431. The van der Waals surface area contributed by atoms with Gasteiger partial charge < -0.3 is 5.32 Å². The van der Waals surface area contributed by atoms with Gasteiger partial charge >= 0.3 is 0 Å². The first-order valence-corrected chi connectivity index (χ1v) is 6.96. The Labute approximate surface area is 121 Å². The lowest BCUT2D eigenvalue weighted by Gasteiger charge is -2.37. The summed E-state index contributed by atoms with van der Waals surface area (Å²) in [7, 11) is 0. The first-order valence-electron chi connectivity index (χ1n) is 6.59. The molecule has 0 saturated heterocycles. The lowest BCUT2D eigenvalue weighted by molar-refractivity contribution is 0.372. The number of anilines is 1. The molecular formula is C16H14ClF2N. The van der Waals surface area contributed by atoms with E-state index < -0.39 is 11.6 Å². The minimum absolute atomic E-state index is 0.176. The van der Waals surface area contributed by atoms with E-state index in [4.69, 9.17) is 11.6 Å². The molecule has 1 saturated carbocycles. The van der Waals surface area contributed by atoms with Gasteiger partial charge in [-0.25, -0.2) is 8.78 Å². The van der Waals surface area contributed by atoms with E-state index in [1.54, 1.807) is 0 Å². The molecule has 0 radical (unpaired) electrons. The van der Waals surface area contributed by atoms with Crippen LogP contribution in [0.15, 0.2) is 42.5 Å². The summed E-state index contributed by atoms with van der Waals surface area (Å²) in [6.07, 6.45) is 1.80. The van der Waals surface area contributed by atoms with Crippen LogP contribution in [0.1, 0.15) is 24.3 Å². The minimum Gasteiger partial charge on any atom is -0.380 e. The molecule has 0 heterocycles. The van der Waals surface area contributed by atoms with Crippen molar-refractivity contribution in [3.8, 4) is 0 Å². The molecule has 0 amide bonds. The Bertz CT molecular complexity index is 624. The quantitative estimate of drug-likeness (QED) is 0.842. The molecule has 0 spiro atoms. The van der Waals surface area contributed by atoms with E-state index in [1.165, 1.54) is 11.6 Å². The largest absolute Gasteiger partial charge is 0.380 e. The summed E-state index contributed by atoms with van der Waals surface area (Å²) < 4.78 is 26.6. The van der Waals surface area contributed by atoms with Crippen LogP contribution in [0.5, 0.6) is 0 Å². The Balaban J connectivity index is 1.62. The van der Waals surface area contributed by atoms with Crippen molar-refractivity contribution in [1.82, 2.24) is 0 Å². The van der Waals surface area contributed by atoms with Crippen molar-refractivity contribution in [3.05, 3.63) is 64.7 Å². The molecule has 4 heteroatoms. The molecule has 0 aliphatic heterocycles. The van der Waals surface area contributed by atoms with Gasteiger partial charge in [0.05, 0.1) is 5.69 Å². The van der Waals surface area contributed by atoms with Crippen LogP contribution in [0, 0.1) is 11.6 Å². The highest BCUT2D eigenvalue weighted by Gasteiger charge is 2.30. The standard InChI is InChI=1S/C16H14ClF2N/c17-12-3-1-2-10(6-12)11-7-14(8-11)20-16-9-13(18)4-5-15(16)19/h1-6,9,11,14,20H,7-8H2. The molecule has 0 bridgehead atoms. The molecule has 0 aromatic heterocycles. The van der Waals surface area contributed by atoms with E-state index in [-0.39, 0.29) is 11.7 Å². The molecule has 2 aromatic carbocycles. The van der Waals surface area contributed by atoms with Crippen molar-refractivity contribution < 1.29 is 8.78 Å². The van der Waals surface area contributed by atoms with Gasteiger partial charge in [-0.15, -0.1) is 0 Å². The third-order valence-electron chi connectivity index (χ3n) is 3.75. The Kier molecular flexibility index (Phi) is 3.62. The lowest BCUT2D eigenvalue weighted by atomic mass is 9.76. The molecule has 1 aliphatic rings. The molecule has 104 valence electrons. The predicted octanol–water partition coefficient (Wildman–Crippen LogP) is 4.98. The number of hydrogen-bond acceptors (Lipinski definition) is 1. The maximum Gasteiger partial charge on any atom is 0.146 e. The van der Waals surface area contributed by atoms with Crippen LogP contribution >= 0.6 is 11.6 Å². The summed E-state index contributed by atoms with van der Waals surface area (Å²) in [5.41, 5.74) is 1.44. The van der Waals surface area contributed by atoms with Gasteiger partial charge in [0.25, 0.3) is 0 Å². The van der Waals surface area contributed by atoms with E-state index in [0.29, 0.717) is 5.92 Å². The zero-order valence-electron chi connectivity index (χ0n) is 10.7. The summed E-state index contributed by atoms with van der Waals surface area (Å²) in [6, 6.07) is 11.4. The van der Waals surface area contributed by atoms with Crippen molar-refractivity contribution in [2.75, 3.05) is 5.32 Å². The Morgan fingerprint density at radius 2 is 1.85 bits per heavy atom. The van der Waals surface area contributed by atoms with E-state index in [1.807, 2.05) is 18.2 Å². The molecule has 1 N–H and O–H groups in total. The molecule has 3 rings (SSSR count). The normalized spacial score (nSPS) is 21.4. The molecule has 1 nitrogen and oxygen atoms in total. The second-order valence-electron chi connectivity index (χ2n) is 5.19. The molecule has 0 atom stereocenters. The van der Waals surface area contributed by atoms with Gasteiger partial charge in [0, 0.05) is 11.1 Å². The number of benzene rings is 2. The van der Waals surface area contributed by atoms with Gasteiger partial charge in [-0.2, -0.15) is 0 Å². The second kappa shape index (κ2) is 5.41. The van der Waals surface area contributed by atoms with Crippen molar-refractivity contribution in [3.63, 3.8) is 0 Å². The first kappa shape index (κ1) is 13.4. The fraction of sp³-hybridized carbons (Fsp3) is 0.250. The predicted molar refractivity (Wildman–Crippen MR) is 77.2 cm³/mol. The SMILES string of the molecule is Fc1ccc(F)c(NC2CC(c3cccc(Cl)c3)C2)c1. The van der Waals surface area contributed by atoms with Gasteiger partial charge in [0.1, 0.15) is 11.6 Å². The summed E-state index contributed by atoms with van der Waals surface area (Å²) in [6.45, 7) is 0. The summed E-state index contributed by atoms with van der Waals surface area (Å²) in [5.74, 6) is -0.417. The van der Waals surface area contributed by atoms with Crippen LogP contribution in [0.4, 0.5) is 14.5 Å². The molecule has 2 aromatic rings. The fourth-order valence-electron chi connectivity index (χ4n) is 2.60. The Morgan fingerprint density at radius 3 is 2.60 bits per heavy atom. The topological polar surface area (TPSA) is 12.0 Å². The first-order chi connectivity index (χ1) is 9.61. The van der Waals surface area contributed by atoms with Gasteiger partial charge in [0.15, 0.2) is 0 Å². The van der Waals surface area contributed by atoms with E-state index in [9.17, 15) is 8.78 Å². The lowest BCUT2D eigenvalue weighted by Crippen LogP contribution is -2.34. The third-order valence-corrected chi connectivity index (χ3v) is 3.98. The Morgan fingerprint density at radius 1 is 1.05 bits per heavy atom. The van der Waals surface area contributed by atoms with E-state index >= 15 is 0 Å². The van der Waals surface area contributed by atoms with Gasteiger partial charge in [-0.1, -0.05) is 23.7 Å². The van der Waals surface area contributed by atoms with Crippen LogP contribution < -0.4 is 5.32 Å². The maximum absolute atomic E-state index is 13.5. The van der Waals surface area contributed by atoms with Gasteiger partial charge in [-0.3, -0.25) is 0 Å². The number of nitrogens with one attached hydrogen (secondary N) is 1. The monoisotopic (exact) mass is 293 g/mol. The number of halogens is 3.